The first-order valence-electron chi connectivity index (χ1n) is 10.5. The molecule has 0 atom stereocenters. The molecule has 0 aliphatic carbocycles. The molecule has 7 nitrogen and oxygen atoms in total. The van der Waals surface area contributed by atoms with E-state index in [-0.39, 0.29) is 5.69 Å². The minimum atomic E-state index is -4.50. The summed E-state index contributed by atoms with van der Waals surface area (Å²) in [5.74, 6) is -1.26. The Bertz CT molecular complexity index is 1260. The molecule has 0 aliphatic rings. The molecule has 0 spiro atoms. The van der Waals surface area contributed by atoms with Crippen molar-refractivity contribution in [3.63, 3.8) is 0 Å². The van der Waals surface area contributed by atoms with Gasteiger partial charge in [0.2, 0.25) is 0 Å². The highest BCUT2D eigenvalue weighted by atomic mass is 35.5. The summed E-state index contributed by atoms with van der Waals surface area (Å²) in [7, 11) is 1.48. The van der Waals surface area contributed by atoms with Crippen LogP contribution in [0.25, 0.3) is 0 Å². The molecule has 0 fully saturated rings. The van der Waals surface area contributed by atoms with Gasteiger partial charge in [-0.15, -0.1) is 0 Å². The fourth-order valence-corrected chi connectivity index (χ4v) is 3.06. The molecule has 3 aromatic carbocycles. The maximum Gasteiger partial charge on any atom is 0.416 e. The van der Waals surface area contributed by atoms with E-state index in [9.17, 15) is 22.8 Å². The Morgan fingerprint density at radius 3 is 2.22 bits per heavy atom. The lowest BCUT2D eigenvalue weighted by Gasteiger charge is -2.12. The second-order valence-corrected chi connectivity index (χ2v) is 7.88. The first-order chi connectivity index (χ1) is 17.1. The normalized spacial score (nSPS) is 11.6. The third-order valence-corrected chi connectivity index (χ3v) is 5.14. The van der Waals surface area contributed by atoms with Crippen molar-refractivity contribution in [2.24, 2.45) is 5.10 Å². The number of benzene rings is 3. The summed E-state index contributed by atoms with van der Waals surface area (Å²) in [6.45, 7) is 1.90. The van der Waals surface area contributed by atoms with Crippen LogP contribution >= 0.6 is 11.6 Å². The zero-order valence-corrected chi connectivity index (χ0v) is 19.9. The number of alkyl halides is 3. The third-order valence-electron chi connectivity index (χ3n) is 4.89. The number of halogens is 4. The molecular weight excluding hydrogens is 499 g/mol. The Morgan fingerprint density at radius 1 is 0.944 bits per heavy atom. The van der Waals surface area contributed by atoms with Crippen LogP contribution in [0.5, 0.6) is 11.5 Å². The number of carbonyl (C=O) groups excluding carboxylic acids is 2. The largest absolute Gasteiger partial charge is 0.493 e. The number of hydrazone groups is 1. The quantitative estimate of drug-likeness (QED) is 0.248. The minimum Gasteiger partial charge on any atom is -0.493 e. The molecule has 0 radical (unpaired) electrons. The van der Waals surface area contributed by atoms with Crippen molar-refractivity contribution in [2.45, 2.75) is 19.7 Å². The molecule has 11 heteroatoms. The number of carbonyl (C=O) groups is 2. The molecule has 2 N–H and O–H groups in total. The number of anilines is 1. The third kappa shape index (κ3) is 7.22. The number of hydrogen-bond acceptors (Lipinski definition) is 5. The van der Waals surface area contributed by atoms with Crippen molar-refractivity contribution < 1.29 is 32.2 Å². The molecular formula is C25H21ClF3N3O4. The van der Waals surface area contributed by atoms with E-state index in [4.69, 9.17) is 21.1 Å². The summed E-state index contributed by atoms with van der Waals surface area (Å²) in [5, 5.41) is 6.74. The van der Waals surface area contributed by atoms with Gasteiger partial charge in [0.25, 0.3) is 0 Å². The van der Waals surface area contributed by atoms with Crippen LogP contribution in [-0.2, 0) is 22.4 Å². The first kappa shape index (κ1) is 26.6. The van der Waals surface area contributed by atoms with E-state index in [1.807, 2.05) is 12.1 Å². The number of methoxy groups -OCH3 is 1. The lowest BCUT2D eigenvalue weighted by molar-refractivity contribution is -0.137. The van der Waals surface area contributed by atoms with Crippen LogP contribution in [0.15, 0.2) is 71.8 Å². The van der Waals surface area contributed by atoms with Gasteiger partial charge in [0, 0.05) is 16.3 Å². The number of hydrogen-bond donors (Lipinski definition) is 2. The van der Waals surface area contributed by atoms with Crippen LogP contribution in [0.1, 0.15) is 23.6 Å². The van der Waals surface area contributed by atoms with Gasteiger partial charge in [0.1, 0.15) is 6.61 Å². The van der Waals surface area contributed by atoms with Crippen molar-refractivity contribution in [3.05, 3.63) is 88.4 Å². The molecule has 3 aromatic rings. The molecule has 0 aliphatic heterocycles. The predicted molar refractivity (Wildman–Crippen MR) is 129 cm³/mol. The lowest BCUT2D eigenvalue weighted by atomic mass is 10.1. The second kappa shape index (κ2) is 11.6. The van der Waals surface area contributed by atoms with Gasteiger partial charge >= 0.3 is 18.0 Å². The molecule has 0 saturated carbocycles. The number of nitrogens with zero attached hydrogens (tertiary/aromatic N) is 1. The zero-order valence-electron chi connectivity index (χ0n) is 19.2. The highest BCUT2D eigenvalue weighted by molar-refractivity contribution is 6.39. The van der Waals surface area contributed by atoms with Crippen LogP contribution in [0.4, 0.5) is 18.9 Å². The lowest BCUT2D eigenvalue weighted by Crippen LogP contribution is -2.33. The van der Waals surface area contributed by atoms with Crippen molar-refractivity contribution in [1.82, 2.24) is 5.43 Å². The summed E-state index contributed by atoms with van der Waals surface area (Å²) in [4.78, 5) is 24.1. The molecule has 0 unspecified atom stereocenters. The SMILES string of the molecule is COc1cc(C(C)=NNC(=O)C(=O)Nc2ccc(C(F)(F)F)cc2)ccc1OCc1ccc(Cl)cc1. The Balaban J connectivity index is 1.60. The highest BCUT2D eigenvalue weighted by Gasteiger charge is 2.30. The number of rotatable bonds is 7. The summed E-state index contributed by atoms with van der Waals surface area (Å²) < 4.78 is 49.1. The van der Waals surface area contributed by atoms with Gasteiger partial charge in [-0.25, -0.2) is 5.43 Å². The summed E-state index contributed by atoms with van der Waals surface area (Å²) in [6.07, 6.45) is -4.50. The Hall–Kier alpha value is -4.05. The predicted octanol–water partition coefficient (Wildman–Crippen LogP) is 5.43. The summed E-state index contributed by atoms with van der Waals surface area (Å²) in [5.41, 5.74) is 3.15. The summed E-state index contributed by atoms with van der Waals surface area (Å²) in [6, 6.07) is 15.9. The molecule has 0 aromatic heterocycles. The standard InChI is InChI=1S/C25H21ClF3N3O4/c1-15(31-32-24(34)23(33)30-20-10-6-18(7-11-20)25(27,28)29)17-5-12-21(22(13-17)35-2)36-14-16-3-8-19(26)9-4-16/h3-13H,14H2,1-2H3,(H,30,33)(H,32,34). The topological polar surface area (TPSA) is 89.0 Å². The minimum absolute atomic E-state index is 0.0303. The van der Waals surface area contributed by atoms with Gasteiger partial charge in [-0.1, -0.05) is 23.7 Å². The van der Waals surface area contributed by atoms with E-state index in [0.29, 0.717) is 34.4 Å². The monoisotopic (exact) mass is 519 g/mol. The van der Waals surface area contributed by atoms with Gasteiger partial charge < -0.3 is 14.8 Å². The fourth-order valence-electron chi connectivity index (χ4n) is 2.93. The van der Waals surface area contributed by atoms with Crippen LogP contribution in [-0.4, -0.2) is 24.6 Å². The Labute approximate surface area is 209 Å². The van der Waals surface area contributed by atoms with Crippen molar-refractivity contribution in [2.75, 3.05) is 12.4 Å². The summed E-state index contributed by atoms with van der Waals surface area (Å²) >= 11 is 5.89. The van der Waals surface area contributed by atoms with E-state index in [2.05, 4.69) is 15.8 Å². The average molecular weight is 520 g/mol. The van der Waals surface area contributed by atoms with Crippen LogP contribution in [0.3, 0.4) is 0 Å². The smallest absolute Gasteiger partial charge is 0.416 e. The van der Waals surface area contributed by atoms with Gasteiger partial charge in [-0.3, -0.25) is 9.59 Å². The molecule has 3 rings (SSSR count). The highest BCUT2D eigenvalue weighted by Crippen LogP contribution is 2.30. The van der Waals surface area contributed by atoms with Gasteiger partial charge in [-0.05, 0) is 67.1 Å². The van der Waals surface area contributed by atoms with Crippen LogP contribution in [0.2, 0.25) is 5.02 Å². The van der Waals surface area contributed by atoms with Gasteiger partial charge in [0.05, 0.1) is 18.4 Å². The average Bonchev–Trinajstić information content (AvgIpc) is 2.86. The van der Waals surface area contributed by atoms with Crippen LogP contribution < -0.4 is 20.2 Å². The molecule has 0 saturated heterocycles. The maximum atomic E-state index is 12.6. The molecule has 2 amide bonds. The van der Waals surface area contributed by atoms with E-state index >= 15 is 0 Å². The molecule has 188 valence electrons. The van der Waals surface area contributed by atoms with E-state index in [1.54, 1.807) is 37.3 Å². The number of ether oxygens (including phenoxy) is 2. The van der Waals surface area contributed by atoms with Crippen molar-refractivity contribution >= 4 is 34.8 Å². The first-order valence-corrected chi connectivity index (χ1v) is 10.8. The van der Waals surface area contributed by atoms with Crippen molar-refractivity contribution in [3.8, 4) is 11.5 Å². The Morgan fingerprint density at radius 2 is 1.61 bits per heavy atom. The zero-order chi connectivity index (χ0) is 26.3. The number of amides is 2. The maximum absolute atomic E-state index is 12.6. The molecule has 36 heavy (non-hydrogen) atoms. The van der Waals surface area contributed by atoms with E-state index < -0.39 is 23.6 Å². The van der Waals surface area contributed by atoms with Crippen LogP contribution in [0, 0.1) is 0 Å². The van der Waals surface area contributed by atoms with Crippen molar-refractivity contribution in [1.29, 1.82) is 0 Å². The van der Waals surface area contributed by atoms with E-state index in [0.717, 1.165) is 29.8 Å². The fraction of sp³-hybridized carbons (Fsp3) is 0.160. The second-order valence-electron chi connectivity index (χ2n) is 7.45. The van der Waals surface area contributed by atoms with E-state index in [1.165, 1.54) is 7.11 Å². The molecule has 0 heterocycles. The van der Waals surface area contributed by atoms with Gasteiger partial charge in [0.15, 0.2) is 11.5 Å². The molecule has 0 bridgehead atoms. The van der Waals surface area contributed by atoms with Gasteiger partial charge in [-0.2, -0.15) is 18.3 Å². The number of nitrogens with one attached hydrogen (secondary N) is 2. The Kier molecular flexibility index (Phi) is 8.55.